The first-order valence-corrected chi connectivity index (χ1v) is 21.2. The average Bonchev–Trinajstić information content (AvgIpc) is 3.84. The first kappa shape index (κ1) is 37.0. The summed E-state index contributed by atoms with van der Waals surface area (Å²) in [4.78, 5) is 16.2. The Bertz CT molecular complexity index is 3450. The molecule has 61 heavy (non-hydrogen) atoms. The summed E-state index contributed by atoms with van der Waals surface area (Å²) in [5, 5.41) is 4.67. The molecule has 1 atom stereocenters. The van der Waals surface area contributed by atoms with Gasteiger partial charge in [0.1, 0.15) is 45.1 Å². The number of rotatable bonds is 6. The molecule has 1 aliphatic rings. The fourth-order valence-electron chi connectivity index (χ4n) is 9.80. The van der Waals surface area contributed by atoms with Crippen LogP contribution in [0.5, 0.6) is 0 Å². The first-order valence-electron chi connectivity index (χ1n) is 21.2. The molecule has 10 aromatic rings. The number of hydrogen-bond donors (Lipinski definition) is 0. The summed E-state index contributed by atoms with van der Waals surface area (Å²) in [6.45, 7) is 0. The van der Waals surface area contributed by atoms with Crippen LogP contribution in [0, 0.1) is 0 Å². The van der Waals surface area contributed by atoms with Crippen LogP contribution < -0.4 is 27.3 Å². The van der Waals surface area contributed by atoms with Gasteiger partial charge in [0, 0.05) is 38.7 Å². The third kappa shape index (κ3) is 5.88. The van der Waals surface area contributed by atoms with Gasteiger partial charge in [0.15, 0.2) is 5.82 Å². The molecular weight excluding hydrogens is 737 g/mol. The van der Waals surface area contributed by atoms with E-state index < -0.39 is 0 Å². The SMILES string of the molecule is Bc1c(B)c(B)c(-c2cccc(-n3c4ccccc4c4ccc5c6ccccc6n(-c6nc(-c7ccccc7-c7ccccc7)nc(C7C=CC=CC7)n6)c5c43)c2)c(B)c1B. The van der Waals surface area contributed by atoms with E-state index in [0.717, 1.165) is 67.5 Å². The predicted octanol–water partition coefficient (Wildman–Crippen LogP) is 3.96. The highest BCUT2D eigenvalue weighted by molar-refractivity contribution is 6.68. The van der Waals surface area contributed by atoms with Gasteiger partial charge >= 0.3 is 0 Å². The molecule has 0 spiro atoms. The predicted molar refractivity (Wildman–Crippen MR) is 271 cm³/mol. The van der Waals surface area contributed by atoms with Gasteiger partial charge in [0.2, 0.25) is 5.95 Å². The lowest BCUT2D eigenvalue weighted by Gasteiger charge is -2.21. The monoisotopic (exact) mass is 777 g/mol. The maximum atomic E-state index is 5.48. The molecule has 1 aliphatic carbocycles. The van der Waals surface area contributed by atoms with Crippen molar-refractivity contribution in [3.8, 4) is 45.3 Å². The van der Waals surface area contributed by atoms with Gasteiger partial charge in [-0.2, -0.15) is 9.97 Å². The Morgan fingerprint density at radius 2 is 1.07 bits per heavy atom. The molecule has 284 valence electrons. The molecule has 11 rings (SSSR count). The summed E-state index contributed by atoms with van der Waals surface area (Å²) >= 11 is 0. The third-order valence-electron chi connectivity index (χ3n) is 13.3. The van der Waals surface area contributed by atoms with E-state index in [1.165, 1.54) is 49.2 Å². The van der Waals surface area contributed by atoms with Crippen LogP contribution in [-0.4, -0.2) is 63.3 Å². The maximum absolute atomic E-state index is 5.48. The van der Waals surface area contributed by atoms with Gasteiger partial charge in [-0.3, -0.25) is 4.57 Å². The molecule has 3 heterocycles. The van der Waals surface area contributed by atoms with Gasteiger partial charge in [-0.05, 0) is 52.9 Å². The van der Waals surface area contributed by atoms with Crippen molar-refractivity contribution in [1.29, 1.82) is 0 Å². The van der Waals surface area contributed by atoms with Crippen molar-refractivity contribution in [1.82, 2.24) is 24.1 Å². The Morgan fingerprint density at radius 1 is 0.475 bits per heavy atom. The van der Waals surface area contributed by atoms with Crippen molar-refractivity contribution in [3.05, 3.63) is 170 Å². The third-order valence-corrected chi connectivity index (χ3v) is 13.3. The zero-order chi connectivity index (χ0) is 41.4. The number of fused-ring (bicyclic) bond motifs is 7. The van der Waals surface area contributed by atoms with Crippen LogP contribution in [0.15, 0.2) is 164 Å². The highest BCUT2D eigenvalue weighted by Crippen LogP contribution is 2.42. The van der Waals surface area contributed by atoms with Crippen molar-refractivity contribution in [2.75, 3.05) is 0 Å². The van der Waals surface area contributed by atoms with Gasteiger partial charge in [0.25, 0.3) is 0 Å². The number of aromatic nitrogens is 5. The fraction of sp³-hybridized carbons (Fsp3) is 0.0392. The van der Waals surface area contributed by atoms with Crippen molar-refractivity contribution < 1.29 is 0 Å². The smallest absolute Gasteiger partial charge is 0.238 e. The van der Waals surface area contributed by atoms with Crippen molar-refractivity contribution in [2.24, 2.45) is 0 Å². The largest absolute Gasteiger partial charge is 0.307 e. The van der Waals surface area contributed by atoms with Crippen LogP contribution in [0.1, 0.15) is 18.2 Å². The summed E-state index contributed by atoms with van der Waals surface area (Å²) in [5.41, 5.74) is 17.9. The molecule has 3 aromatic heterocycles. The molecule has 1 unspecified atom stereocenters. The molecule has 0 saturated heterocycles. The molecule has 0 bridgehead atoms. The van der Waals surface area contributed by atoms with Crippen molar-refractivity contribution >= 4 is 110 Å². The van der Waals surface area contributed by atoms with Gasteiger partial charge in [-0.1, -0.05) is 150 Å². The standard InChI is InChI=1S/C51H40B5N5/c52-42-41(43(53)45(55)46(56)44(42)54)31-18-13-19-32(28-31)60-39-24-11-9-21-34(39)36-26-27-37-35-22-10-12-25-40(35)61(48(37)47(36)60)51-58-49(30-16-5-2-6-17-30)57-50(59-51)38-23-8-7-20-33(38)29-14-3-1-4-15-29/h1-16,18-28,30H,17,52-56H2. The Balaban J connectivity index is 1.24. The van der Waals surface area contributed by atoms with E-state index in [1.54, 1.807) is 0 Å². The lowest BCUT2D eigenvalue weighted by molar-refractivity contribution is 0.750. The van der Waals surface area contributed by atoms with Crippen molar-refractivity contribution in [3.63, 3.8) is 0 Å². The molecule has 7 aromatic carbocycles. The van der Waals surface area contributed by atoms with Crippen LogP contribution in [-0.2, 0) is 0 Å². The maximum Gasteiger partial charge on any atom is 0.238 e. The second-order valence-electron chi connectivity index (χ2n) is 16.5. The second kappa shape index (κ2) is 14.6. The van der Waals surface area contributed by atoms with Crippen LogP contribution in [0.2, 0.25) is 0 Å². The Morgan fingerprint density at radius 3 is 1.75 bits per heavy atom. The lowest BCUT2D eigenvalue weighted by atomic mass is 9.59. The molecule has 5 nitrogen and oxygen atoms in total. The minimum absolute atomic E-state index is 0.0117. The Hall–Kier alpha value is -7.05. The number of nitrogens with zero attached hydrogens (tertiary/aromatic N) is 5. The van der Waals surface area contributed by atoms with Crippen molar-refractivity contribution in [2.45, 2.75) is 12.3 Å². The number of benzene rings is 7. The summed E-state index contributed by atoms with van der Waals surface area (Å²) < 4.78 is 4.77. The van der Waals surface area contributed by atoms with E-state index in [1.807, 2.05) is 0 Å². The summed E-state index contributed by atoms with van der Waals surface area (Å²) in [6.07, 6.45) is 9.44. The second-order valence-corrected chi connectivity index (χ2v) is 16.5. The minimum atomic E-state index is 0.0117. The van der Waals surface area contributed by atoms with Gasteiger partial charge < -0.3 is 4.57 Å². The first-order chi connectivity index (χ1) is 29.9. The van der Waals surface area contributed by atoms with E-state index in [2.05, 4.69) is 212 Å². The van der Waals surface area contributed by atoms with Crippen LogP contribution in [0.4, 0.5) is 0 Å². The molecule has 0 amide bonds. The quantitative estimate of drug-likeness (QED) is 0.241. The molecule has 0 radical (unpaired) electrons. The van der Waals surface area contributed by atoms with E-state index in [4.69, 9.17) is 15.0 Å². The Kier molecular flexibility index (Phi) is 8.85. The average molecular weight is 777 g/mol. The normalized spacial score (nSPS) is 13.9. The molecule has 0 saturated carbocycles. The number of allylic oxidation sites excluding steroid dienone is 4. The van der Waals surface area contributed by atoms with Gasteiger partial charge in [-0.15, -0.1) is 16.4 Å². The summed E-state index contributed by atoms with van der Waals surface area (Å²) in [5.74, 6) is 2.02. The van der Waals surface area contributed by atoms with Gasteiger partial charge in [-0.25, -0.2) is 4.98 Å². The van der Waals surface area contributed by atoms with E-state index in [0.29, 0.717) is 11.8 Å². The topological polar surface area (TPSA) is 48.5 Å². The number of hydrogen-bond acceptors (Lipinski definition) is 3. The zero-order valence-electron chi connectivity index (χ0n) is 35.1. The summed E-state index contributed by atoms with van der Waals surface area (Å²) in [6, 6.07) is 50.2. The lowest BCUT2D eigenvalue weighted by Crippen LogP contribution is -2.55. The fourth-order valence-corrected chi connectivity index (χ4v) is 9.80. The van der Waals surface area contributed by atoms with E-state index in [-0.39, 0.29) is 5.92 Å². The van der Waals surface area contributed by atoms with Crippen LogP contribution in [0.25, 0.3) is 88.9 Å². The zero-order valence-corrected chi connectivity index (χ0v) is 35.1. The van der Waals surface area contributed by atoms with Crippen LogP contribution >= 0.6 is 0 Å². The molecule has 0 aliphatic heterocycles. The minimum Gasteiger partial charge on any atom is -0.307 e. The van der Waals surface area contributed by atoms with E-state index >= 15 is 0 Å². The highest BCUT2D eigenvalue weighted by Gasteiger charge is 2.25. The molecule has 10 heteroatoms. The Labute approximate surface area is 360 Å². The molecule has 0 N–H and O–H groups in total. The highest BCUT2D eigenvalue weighted by atomic mass is 15.2. The molecule has 0 fully saturated rings. The number of para-hydroxylation sites is 2. The van der Waals surface area contributed by atoms with Gasteiger partial charge in [0.05, 0.1) is 22.1 Å². The van der Waals surface area contributed by atoms with E-state index in [9.17, 15) is 0 Å². The van der Waals surface area contributed by atoms with Crippen LogP contribution in [0.3, 0.4) is 0 Å². The molecular formula is C51H40B5N5. The summed E-state index contributed by atoms with van der Waals surface area (Å²) in [7, 11) is 11.3.